The molecule has 0 aliphatic carbocycles. The van der Waals surface area contributed by atoms with E-state index in [9.17, 15) is 0 Å². The molecule has 1 aromatic rings. The Kier molecular flexibility index (Phi) is 4.61. The zero-order valence-electron chi connectivity index (χ0n) is 12.6. The molecule has 2 N–H and O–H groups in total. The number of likely N-dealkylation sites (N-methyl/N-ethyl adjacent to an activating group) is 1. The molecule has 1 heterocycles. The van der Waals surface area contributed by atoms with E-state index in [4.69, 9.17) is 10.5 Å². The molecule has 3 heteroatoms. The van der Waals surface area contributed by atoms with Gasteiger partial charge in [0.15, 0.2) is 0 Å². The topological polar surface area (TPSA) is 38.5 Å². The largest absolute Gasteiger partial charge is 0.380 e. The molecule has 1 fully saturated rings. The van der Waals surface area contributed by atoms with Crippen molar-refractivity contribution in [2.75, 3.05) is 26.8 Å². The summed E-state index contributed by atoms with van der Waals surface area (Å²) in [6.07, 6.45) is 1.12. The third kappa shape index (κ3) is 3.35. The summed E-state index contributed by atoms with van der Waals surface area (Å²) < 4.78 is 5.45. The molecule has 0 spiro atoms. The normalized spacial score (nSPS) is 21.1. The fraction of sp³-hybridized carbons (Fsp3) is 0.625. The summed E-state index contributed by atoms with van der Waals surface area (Å²) in [6, 6.07) is 5.05. The fourth-order valence-electron chi connectivity index (χ4n) is 3.20. The van der Waals surface area contributed by atoms with Crippen LogP contribution in [0.15, 0.2) is 12.1 Å². The molecule has 0 radical (unpaired) electrons. The van der Waals surface area contributed by atoms with Gasteiger partial charge in [-0.2, -0.15) is 0 Å². The van der Waals surface area contributed by atoms with Gasteiger partial charge < -0.3 is 10.5 Å². The maximum atomic E-state index is 6.43. The van der Waals surface area contributed by atoms with Crippen LogP contribution in [-0.4, -0.2) is 37.7 Å². The van der Waals surface area contributed by atoms with Crippen LogP contribution in [0.25, 0.3) is 0 Å². The van der Waals surface area contributed by atoms with Crippen LogP contribution >= 0.6 is 0 Å². The standard InChI is InChI=1S/C16H26N2O/c1-11-7-12(2)16(13(3)8-11)15(17)9-18(4)14-5-6-19-10-14/h7-8,14-15H,5-6,9-10,17H2,1-4H3. The second-order valence-electron chi connectivity index (χ2n) is 5.88. The van der Waals surface area contributed by atoms with E-state index in [1.807, 2.05) is 0 Å². The Morgan fingerprint density at radius 2 is 1.95 bits per heavy atom. The van der Waals surface area contributed by atoms with Crippen LogP contribution in [0, 0.1) is 20.8 Å². The Hall–Kier alpha value is -0.900. The molecule has 0 amide bonds. The summed E-state index contributed by atoms with van der Waals surface area (Å²) in [7, 11) is 2.15. The number of aryl methyl sites for hydroxylation is 3. The van der Waals surface area contributed by atoms with Crippen molar-refractivity contribution in [1.29, 1.82) is 0 Å². The molecule has 0 aromatic heterocycles. The minimum atomic E-state index is 0.0752. The van der Waals surface area contributed by atoms with Gasteiger partial charge in [-0.3, -0.25) is 4.90 Å². The van der Waals surface area contributed by atoms with Crippen LogP contribution in [0.4, 0.5) is 0 Å². The average molecular weight is 262 g/mol. The van der Waals surface area contributed by atoms with E-state index in [1.165, 1.54) is 22.3 Å². The van der Waals surface area contributed by atoms with Crippen molar-refractivity contribution in [2.24, 2.45) is 5.73 Å². The Bertz CT molecular complexity index is 415. The first-order valence-electron chi connectivity index (χ1n) is 7.10. The lowest BCUT2D eigenvalue weighted by Crippen LogP contribution is -2.38. The number of nitrogens with zero attached hydrogens (tertiary/aromatic N) is 1. The molecule has 1 aromatic carbocycles. The summed E-state index contributed by atoms with van der Waals surface area (Å²) in [5, 5.41) is 0. The summed E-state index contributed by atoms with van der Waals surface area (Å²) in [4.78, 5) is 2.34. The molecule has 1 aliphatic rings. The minimum absolute atomic E-state index is 0.0752. The van der Waals surface area contributed by atoms with Crippen LogP contribution in [0.1, 0.15) is 34.7 Å². The highest BCUT2D eigenvalue weighted by Gasteiger charge is 2.23. The number of hydrogen-bond acceptors (Lipinski definition) is 3. The highest BCUT2D eigenvalue weighted by Crippen LogP contribution is 2.23. The fourth-order valence-corrected chi connectivity index (χ4v) is 3.20. The molecule has 2 rings (SSSR count). The van der Waals surface area contributed by atoms with E-state index in [-0.39, 0.29) is 6.04 Å². The van der Waals surface area contributed by atoms with E-state index in [0.29, 0.717) is 6.04 Å². The summed E-state index contributed by atoms with van der Waals surface area (Å²) in [6.45, 7) is 9.07. The van der Waals surface area contributed by atoms with E-state index in [2.05, 4.69) is 44.9 Å². The van der Waals surface area contributed by atoms with Crippen LogP contribution < -0.4 is 5.73 Å². The molecular weight excluding hydrogens is 236 g/mol. The summed E-state index contributed by atoms with van der Waals surface area (Å²) in [5.41, 5.74) is 11.7. The van der Waals surface area contributed by atoms with E-state index in [0.717, 1.165) is 26.2 Å². The molecule has 0 saturated carbocycles. The van der Waals surface area contributed by atoms with Gasteiger partial charge >= 0.3 is 0 Å². The Morgan fingerprint density at radius 3 is 2.47 bits per heavy atom. The third-order valence-electron chi connectivity index (χ3n) is 4.12. The van der Waals surface area contributed by atoms with Gasteiger partial charge in [-0.15, -0.1) is 0 Å². The van der Waals surface area contributed by atoms with Gasteiger partial charge in [0.2, 0.25) is 0 Å². The lowest BCUT2D eigenvalue weighted by molar-refractivity contribution is 0.156. The third-order valence-corrected chi connectivity index (χ3v) is 4.12. The lowest BCUT2D eigenvalue weighted by atomic mass is 9.94. The van der Waals surface area contributed by atoms with Crippen molar-refractivity contribution in [1.82, 2.24) is 4.90 Å². The highest BCUT2D eigenvalue weighted by atomic mass is 16.5. The molecule has 2 atom stereocenters. The predicted molar refractivity (Wildman–Crippen MR) is 79.4 cm³/mol. The Balaban J connectivity index is 2.09. The number of rotatable bonds is 4. The van der Waals surface area contributed by atoms with Crippen molar-refractivity contribution in [3.8, 4) is 0 Å². The van der Waals surface area contributed by atoms with Gasteiger partial charge in [-0.25, -0.2) is 0 Å². The smallest absolute Gasteiger partial charge is 0.0622 e. The van der Waals surface area contributed by atoms with Gasteiger partial charge in [0.05, 0.1) is 6.61 Å². The molecule has 1 aliphatic heterocycles. The number of ether oxygens (including phenoxy) is 1. The molecular formula is C16H26N2O. The first-order valence-corrected chi connectivity index (χ1v) is 7.10. The van der Waals surface area contributed by atoms with Crippen molar-refractivity contribution < 1.29 is 4.74 Å². The van der Waals surface area contributed by atoms with Crippen molar-refractivity contribution in [3.05, 3.63) is 34.4 Å². The maximum absolute atomic E-state index is 6.43. The number of benzene rings is 1. The second-order valence-corrected chi connectivity index (χ2v) is 5.88. The van der Waals surface area contributed by atoms with Gasteiger partial charge in [-0.1, -0.05) is 17.7 Å². The summed E-state index contributed by atoms with van der Waals surface area (Å²) >= 11 is 0. The first-order chi connectivity index (χ1) is 8.99. The molecule has 19 heavy (non-hydrogen) atoms. The van der Waals surface area contributed by atoms with Crippen LogP contribution in [0.5, 0.6) is 0 Å². The highest BCUT2D eigenvalue weighted by molar-refractivity contribution is 5.39. The van der Waals surface area contributed by atoms with Gasteiger partial charge in [-0.05, 0) is 50.9 Å². The van der Waals surface area contributed by atoms with Crippen molar-refractivity contribution in [3.63, 3.8) is 0 Å². The first kappa shape index (κ1) is 14.5. The van der Waals surface area contributed by atoms with Crippen LogP contribution in [0.2, 0.25) is 0 Å². The average Bonchev–Trinajstić information content (AvgIpc) is 2.80. The monoisotopic (exact) mass is 262 g/mol. The number of nitrogens with two attached hydrogens (primary N) is 1. The number of hydrogen-bond donors (Lipinski definition) is 1. The second kappa shape index (κ2) is 6.04. The van der Waals surface area contributed by atoms with E-state index < -0.39 is 0 Å². The van der Waals surface area contributed by atoms with E-state index in [1.54, 1.807) is 0 Å². The molecule has 3 nitrogen and oxygen atoms in total. The molecule has 2 unspecified atom stereocenters. The van der Waals surface area contributed by atoms with Crippen LogP contribution in [-0.2, 0) is 4.74 Å². The Labute approximate surface area is 116 Å². The van der Waals surface area contributed by atoms with E-state index >= 15 is 0 Å². The van der Waals surface area contributed by atoms with Crippen molar-refractivity contribution >= 4 is 0 Å². The SMILES string of the molecule is Cc1cc(C)c(C(N)CN(C)C2CCOC2)c(C)c1. The van der Waals surface area contributed by atoms with Gasteiger partial charge in [0.1, 0.15) is 0 Å². The zero-order chi connectivity index (χ0) is 14.0. The molecule has 0 bridgehead atoms. The summed E-state index contributed by atoms with van der Waals surface area (Å²) in [5.74, 6) is 0. The van der Waals surface area contributed by atoms with Crippen molar-refractivity contribution in [2.45, 2.75) is 39.3 Å². The van der Waals surface area contributed by atoms with Crippen LogP contribution in [0.3, 0.4) is 0 Å². The maximum Gasteiger partial charge on any atom is 0.0622 e. The molecule has 106 valence electrons. The lowest BCUT2D eigenvalue weighted by Gasteiger charge is -2.28. The predicted octanol–water partition coefficient (Wildman–Crippen LogP) is 2.33. The Morgan fingerprint density at radius 1 is 1.32 bits per heavy atom. The zero-order valence-corrected chi connectivity index (χ0v) is 12.6. The van der Waals surface area contributed by atoms with Gasteiger partial charge in [0.25, 0.3) is 0 Å². The van der Waals surface area contributed by atoms with Gasteiger partial charge in [0, 0.05) is 25.2 Å². The molecule has 1 saturated heterocycles. The minimum Gasteiger partial charge on any atom is -0.380 e. The quantitative estimate of drug-likeness (QED) is 0.905.